The number of halogens is 1. The number of rotatable bonds is 2. The Morgan fingerprint density at radius 1 is 1.05 bits per heavy atom. The summed E-state index contributed by atoms with van der Waals surface area (Å²) in [6, 6.07) is 12.1. The molecule has 0 fully saturated rings. The number of nitrogens with zero attached hydrogens (tertiary/aromatic N) is 1. The maximum atomic E-state index is 13.1. The molecule has 3 rings (SSSR count). The van der Waals surface area contributed by atoms with Crippen LogP contribution >= 0.6 is 0 Å². The standard InChI is InChI=1S/C19H16FNO/c1-11-8-19-18(17(13(3)22)9-12(2)21-19)10-16(11)14-4-6-15(20)7-5-14/h4-10H,1-3H3. The lowest BCUT2D eigenvalue weighted by Gasteiger charge is -2.11. The summed E-state index contributed by atoms with van der Waals surface area (Å²) in [5.74, 6) is -0.242. The summed E-state index contributed by atoms with van der Waals surface area (Å²) >= 11 is 0. The summed E-state index contributed by atoms with van der Waals surface area (Å²) in [4.78, 5) is 16.4. The van der Waals surface area contributed by atoms with Crippen LogP contribution in [0.4, 0.5) is 4.39 Å². The van der Waals surface area contributed by atoms with Crippen molar-refractivity contribution in [2.75, 3.05) is 0 Å². The van der Waals surface area contributed by atoms with Crippen molar-refractivity contribution in [2.45, 2.75) is 20.8 Å². The molecule has 3 heteroatoms. The van der Waals surface area contributed by atoms with E-state index in [1.54, 1.807) is 19.1 Å². The van der Waals surface area contributed by atoms with Crippen molar-refractivity contribution in [3.8, 4) is 11.1 Å². The van der Waals surface area contributed by atoms with Gasteiger partial charge in [-0.2, -0.15) is 0 Å². The average Bonchev–Trinajstić information content (AvgIpc) is 2.46. The lowest BCUT2D eigenvalue weighted by molar-refractivity contribution is 0.101. The average molecular weight is 293 g/mol. The number of fused-ring (bicyclic) bond motifs is 1. The second kappa shape index (κ2) is 5.34. The Bertz CT molecular complexity index is 882. The maximum absolute atomic E-state index is 13.1. The van der Waals surface area contributed by atoms with Crippen LogP contribution in [0, 0.1) is 19.7 Å². The molecule has 2 nitrogen and oxygen atoms in total. The highest BCUT2D eigenvalue weighted by Gasteiger charge is 2.12. The number of hydrogen-bond donors (Lipinski definition) is 0. The molecule has 0 saturated heterocycles. The molecule has 0 atom stereocenters. The van der Waals surface area contributed by atoms with E-state index in [1.165, 1.54) is 12.1 Å². The summed E-state index contributed by atoms with van der Waals surface area (Å²) in [5, 5.41) is 0.836. The number of ketones is 1. The van der Waals surface area contributed by atoms with Gasteiger partial charge in [-0.3, -0.25) is 9.78 Å². The van der Waals surface area contributed by atoms with E-state index in [9.17, 15) is 9.18 Å². The predicted molar refractivity (Wildman–Crippen MR) is 86.6 cm³/mol. The molecule has 0 aliphatic heterocycles. The van der Waals surface area contributed by atoms with Gasteiger partial charge in [0, 0.05) is 16.6 Å². The van der Waals surface area contributed by atoms with Gasteiger partial charge < -0.3 is 0 Å². The van der Waals surface area contributed by atoms with Crippen LogP contribution in [0.2, 0.25) is 0 Å². The number of pyridine rings is 1. The Balaban J connectivity index is 2.31. The van der Waals surface area contributed by atoms with Crippen LogP contribution < -0.4 is 0 Å². The maximum Gasteiger partial charge on any atom is 0.160 e. The normalized spacial score (nSPS) is 10.9. The first-order valence-electron chi connectivity index (χ1n) is 7.14. The minimum absolute atomic E-state index is 0.0180. The molecule has 2 aromatic carbocycles. The zero-order valence-electron chi connectivity index (χ0n) is 12.8. The zero-order chi connectivity index (χ0) is 15.9. The molecule has 0 unspecified atom stereocenters. The molecule has 0 bridgehead atoms. The van der Waals surface area contributed by atoms with E-state index in [0.717, 1.165) is 33.3 Å². The fraction of sp³-hybridized carbons (Fsp3) is 0.158. The van der Waals surface area contributed by atoms with Crippen LogP contribution in [0.25, 0.3) is 22.0 Å². The molecule has 3 aromatic rings. The SMILES string of the molecule is CC(=O)c1cc(C)nc2cc(C)c(-c3ccc(F)cc3)cc12. The molecule has 0 aliphatic carbocycles. The highest BCUT2D eigenvalue weighted by atomic mass is 19.1. The molecule has 1 aromatic heterocycles. The second-order valence-electron chi connectivity index (χ2n) is 5.56. The van der Waals surface area contributed by atoms with Gasteiger partial charge in [0.1, 0.15) is 5.82 Å². The van der Waals surface area contributed by atoms with Gasteiger partial charge in [0.15, 0.2) is 5.78 Å². The summed E-state index contributed by atoms with van der Waals surface area (Å²) in [6.07, 6.45) is 0. The Hall–Kier alpha value is -2.55. The molecule has 0 saturated carbocycles. The first kappa shape index (κ1) is 14.4. The van der Waals surface area contributed by atoms with E-state index in [4.69, 9.17) is 0 Å². The van der Waals surface area contributed by atoms with Crippen LogP contribution in [-0.2, 0) is 0 Å². The van der Waals surface area contributed by atoms with Crippen LogP contribution in [0.15, 0.2) is 42.5 Å². The smallest absolute Gasteiger partial charge is 0.160 e. The number of carbonyl (C=O) groups excluding carboxylic acids is 1. The third kappa shape index (κ3) is 2.50. The van der Waals surface area contributed by atoms with Gasteiger partial charge >= 0.3 is 0 Å². The van der Waals surface area contributed by atoms with E-state index in [-0.39, 0.29) is 11.6 Å². The summed E-state index contributed by atoms with van der Waals surface area (Å²) in [6.45, 7) is 5.44. The number of hydrogen-bond acceptors (Lipinski definition) is 2. The van der Waals surface area contributed by atoms with Crippen LogP contribution in [0.1, 0.15) is 28.5 Å². The molecule has 110 valence electrons. The largest absolute Gasteiger partial charge is 0.294 e. The third-order valence-corrected chi connectivity index (χ3v) is 3.82. The number of aromatic nitrogens is 1. The molecular formula is C19H16FNO. The molecule has 0 aliphatic rings. The quantitative estimate of drug-likeness (QED) is 0.631. The highest BCUT2D eigenvalue weighted by Crippen LogP contribution is 2.30. The third-order valence-electron chi connectivity index (χ3n) is 3.82. The first-order valence-corrected chi connectivity index (χ1v) is 7.14. The summed E-state index contributed by atoms with van der Waals surface area (Å²) in [5.41, 5.74) is 5.27. The molecular weight excluding hydrogens is 277 g/mol. The molecule has 1 heterocycles. The van der Waals surface area contributed by atoms with E-state index < -0.39 is 0 Å². The minimum Gasteiger partial charge on any atom is -0.294 e. The van der Waals surface area contributed by atoms with E-state index in [2.05, 4.69) is 4.98 Å². The Morgan fingerprint density at radius 3 is 2.36 bits per heavy atom. The summed E-state index contributed by atoms with van der Waals surface area (Å²) in [7, 11) is 0. The molecule has 22 heavy (non-hydrogen) atoms. The fourth-order valence-electron chi connectivity index (χ4n) is 2.74. The Kier molecular flexibility index (Phi) is 3.49. The first-order chi connectivity index (χ1) is 10.5. The van der Waals surface area contributed by atoms with Gasteiger partial charge in [-0.1, -0.05) is 12.1 Å². The van der Waals surface area contributed by atoms with Crippen molar-refractivity contribution in [1.82, 2.24) is 4.98 Å². The van der Waals surface area contributed by atoms with E-state index >= 15 is 0 Å². The Morgan fingerprint density at radius 2 is 1.73 bits per heavy atom. The topological polar surface area (TPSA) is 30.0 Å². The molecule has 0 spiro atoms. The Labute approximate surface area is 128 Å². The van der Waals surface area contributed by atoms with Crippen LogP contribution in [-0.4, -0.2) is 10.8 Å². The second-order valence-corrected chi connectivity index (χ2v) is 5.56. The van der Waals surface area contributed by atoms with Crippen molar-refractivity contribution < 1.29 is 9.18 Å². The van der Waals surface area contributed by atoms with Crippen LogP contribution in [0.3, 0.4) is 0 Å². The van der Waals surface area contributed by atoms with Crippen molar-refractivity contribution in [2.24, 2.45) is 0 Å². The van der Waals surface area contributed by atoms with Crippen LogP contribution in [0.5, 0.6) is 0 Å². The molecule has 0 N–H and O–H groups in total. The van der Waals surface area contributed by atoms with Gasteiger partial charge in [0.25, 0.3) is 0 Å². The number of carbonyl (C=O) groups is 1. The lowest BCUT2D eigenvalue weighted by Crippen LogP contribution is -1.98. The van der Waals surface area contributed by atoms with Crippen molar-refractivity contribution in [3.63, 3.8) is 0 Å². The van der Waals surface area contributed by atoms with Crippen molar-refractivity contribution >= 4 is 16.7 Å². The fourth-order valence-corrected chi connectivity index (χ4v) is 2.74. The number of Topliss-reactive ketones (excluding diaryl/α,β-unsaturated/α-hetero) is 1. The van der Waals surface area contributed by atoms with E-state index in [0.29, 0.717) is 5.56 Å². The zero-order valence-corrected chi connectivity index (χ0v) is 12.8. The number of benzene rings is 2. The van der Waals surface area contributed by atoms with Crippen molar-refractivity contribution in [1.29, 1.82) is 0 Å². The molecule has 0 radical (unpaired) electrons. The van der Waals surface area contributed by atoms with Gasteiger partial charge in [0.05, 0.1) is 5.52 Å². The lowest BCUT2D eigenvalue weighted by atomic mass is 9.95. The monoisotopic (exact) mass is 293 g/mol. The van der Waals surface area contributed by atoms with Gasteiger partial charge in [0.2, 0.25) is 0 Å². The summed E-state index contributed by atoms with van der Waals surface area (Å²) < 4.78 is 13.1. The van der Waals surface area contributed by atoms with Gasteiger partial charge in [-0.15, -0.1) is 0 Å². The van der Waals surface area contributed by atoms with Gasteiger partial charge in [-0.05, 0) is 67.8 Å². The number of aryl methyl sites for hydroxylation is 2. The molecule has 0 amide bonds. The van der Waals surface area contributed by atoms with Gasteiger partial charge in [-0.25, -0.2) is 4.39 Å². The highest BCUT2D eigenvalue weighted by molar-refractivity contribution is 6.07. The predicted octanol–water partition coefficient (Wildman–Crippen LogP) is 4.86. The van der Waals surface area contributed by atoms with E-state index in [1.807, 2.05) is 32.0 Å². The minimum atomic E-state index is -0.260. The van der Waals surface area contributed by atoms with Crippen molar-refractivity contribution in [3.05, 3.63) is 65.1 Å².